The number of amides is 1. The largest absolute Gasteiger partial charge is 0.464 e. The SMILES string of the molecule is Cc1cc(C)c2c(CC(=O)Nc3ccccc3C(F)(F)F)coc2c1. The van der Waals surface area contributed by atoms with Gasteiger partial charge in [0.1, 0.15) is 5.58 Å². The Balaban J connectivity index is 1.85. The maximum Gasteiger partial charge on any atom is 0.418 e. The number of furan rings is 1. The Morgan fingerprint density at radius 2 is 1.88 bits per heavy atom. The van der Waals surface area contributed by atoms with Crippen molar-refractivity contribution >= 4 is 22.6 Å². The van der Waals surface area contributed by atoms with Gasteiger partial charge in [-0.1, -0.05) is 18.2 Å². The number of carbonyl (C=O) groups excluding carboxylic acids is 1. The van der Waals surface area contributed by atoms with Gasteiger partial charge in [0, 0.05) is 10.9 Å². The molecule has 3 nitrogen and oxygen atoms in total. The van der Waals surface area contributed by atoms with E-state index in [2.05, 4.69) is 5.32 Å². The standard InChI is InChI=1S/C19H16F3NO2/c1-11-7-12(2)18-13(10-25-16(18)8-11)9-17(24)23-15-6-4-3-5-14(15)19(20,21)22/h3-8,10H,9H2,1-2H3,(H,23,24). The van der Waals surface area contributed by atoms with Crippen LogP contribution in [-0.2, 0) is 17.4 Å². The smallest absolute Gasteiger partial charge is 0.418 e. The molecule has 1 aromatic heterocycles. The van der Waals surface area contributed by atoms with E-state index < -0.39 is 17.6 Å². The van der Waals surface area contributed by atoms with Crippen molar-refractivity contribution in [1.82, 2.24) is 0 Å². The summed E-state index contributed by atoms with van der Waals surface area (Å²) >= 11 is 0. The van der Waals surface area contributed by atoms with Crippen LogP contribution in [0.3, 0.4) is 0 Å². The van der Waals surface area contributed by atoms with E-state index in [1.165, 1.54) is 24.5 Å². The average Bonchev–Trinajstić information content (AvgIpc) is 2.89. The number of hydrogen-bond donors (Lipinski definition) is 1. The second kappa shape index (κ2) is 6.27. The van der Waals surface area contributed by atoms with Crippen molar-refractivity contribution in [1.29, 1.82) is 0 Å². The van der Waals surface area contributed by atoms with Gasteiger partial charge in [-0.15, -0.1) is 0 Å². The van der Waals surface area contributed by atoms with Crippen LogP contribution in [0.25, 0.3) is 11.0 Å². The van der Waals surface area contributed by atoms with E-state index >= 15 is 0 Å². The lowest BCUT2D eigenvalue weighted by Gasteiger charge is -2.13. The molecule has 0 aliphatic heterocycles. The molecule has 1 N–H and O–H groups in total. The zero-order valence-corrected chi connectivity index (χ0v) is 13.7. The number of benzene rings is 2. The van der Waals surface area contributed by atoms with Crippen molar-refractivity contribution in [2.45, 2.75) is 26.4 Å². The third kappa shape index (κ3) is 3.52. The Bertz CT molecular complexity index is 941. The first-order valence-corrected chi connectivity index (χ1v) is 7.69. The molecule has 0 aliphatic rings. The normalized spacial score (nSPS) is 11.7. The highest BCUT2D eigenvalue weighted by Gasteiger charge is 2.33. The fraction of sp³-hybridized carbons (Fsp3) is 0.211. The van der Waals surface area contributed by atoms with Crippen molar-refractivity contribution in [3.05, 3.63) is 64.9 Å². The molecule has 130 valence electrons. The lowest BCUT2D eigenvalue weighted by atomic mass is 10.0. The first-order chi connectivity index (χ1) is 11.8. The van der Waals surface area contributed by atoms with E-state index in [9.17, 15) is 18.0 Å². The lowest BCUT2D eigenvalue weighted by molar-refractivity contribution is -0.137. The fourth-order valence-electron chi connectivity index (χ4n) is 2.96. The van der Waals surface area contributed by atoms with Crippen LogP contribution in [-0.4, -0.2) is 5.91 Å². The molecule has 0 spiro atoms. The number of rotatable bonds is 3. The highest BCUT2D eigenvalue weighted by Crippen LogP contribution is 2.34. The van der Waals surface area contributed by atoms with Crippen molar-refractivity contribution in [2.75, 3.05) is 5.32 Å². The van der Waals surface area contributed by atoms with Gasteiger partial charge in [0.2, 0.25) is 5.91 Å². The van der Waals surface area contributed by atoms with Crippen LogP contribution >= 0.6 is 0 Å². The second-order valence-electron chi connectivity index (χ2n) is 5.98. The second-order valence-corrected chi connectivity index (χ2v) is 5.98. The monoisotopic (exact) mass is 347 g/mol. The summed E-state index contributed by atoms with van der Waals surface area (Å²) in [6.45, 7) is 3.85. The zero-order chi connectivity index (χ0) is 18.2. The molecule has 25 heavy (non-hydrogen) atoms. The van der Waals surface area contributed by atoms with Gasteiger partial charge >= 0.3 is 6.18 Å². The van der Waals surface area contributed by atoms with Crippen LogP contribution in [0.5, 0.6) is 0 Å². The Hall–Kier alpha value is -2.76. The van der Waals surface area contributed by atoms with Gasteiger partial charge in [-0.25, -0.2) is 0 Å². The number of aryl methyl sites for hydroxylation is 2. The zero-order valence-electron chi connectivity index (χ0n) is 13.7. The summed E-state index contributed by atoms with van der Waals surface area (Å²) in [6.07, 6.45) is -3.12. The maximum absolute atomic E-state index is 13.0. The van der Waals surface area contributed by atoms with E-state index in [1.54, 1.807) is 0 Å². The predicted octanol–water partition coefficient (Wildman–Crippen LogP) is 5.25. The highest BCUT2D eigenvalue weighted by molar-refractivity contribution is 5.96. The fourth-order valence-corrected chi connectivity index (χ4v) is 2.96. The van der Waals surface area contributed by atoms with E-state index in [-0.39, 0.29) is 12.1 Å². The van der Waals surface area contributed by atoms with Gasteiger partial charge in [-0.2, -0.15) is 13.2 Å². The minimum Gasteiger partial charge on any atom is -0.464 e. The molecule has 0 unspecified atom stereocenters. The minimum absolute atomic E-state index is 0.0664. The van der Waals surface area contributed by atoms with Crippen LogP contribution in [0.4, 0.5) is 18.9 Å². The van der Waals surface area contributed by atoms with Gasteiger partial charge in [0.15, 0.2) is 0 Å². The van der Waals surface area contributed by atoms with E-state index in [0.717, 1.165) is 22.6 Å². The molecule has 1 amide bonds. The van der Waals surface area contributed by atoms with Crippen LogP contribution in [0, 0.1) is 13.8 Å². The topological polar surface area (TPSA) is 42.2 Å². The summed E-state index contributed by atoms with van der Waals surface area (Å²) in [4.78, 5) is 12.3. The predicted molar refractivity (Wildman–Crippen MR) is 89.5 cm³/mol. The Kier molecular flexibility index (Phi) is 4.29. The molecule has 0 fully saturated rings. The first-order valence-electron chi connectivity index (χ1n) is 7.69. The van der Waals surface area contributed by atoms with Crippen molar-refractivity contribution < 1.29 is 22.4 Å². The number of hydrogen-bond acceptors (Lipinski definition) is 2. The van der Waals surface area contributed by atoms with Gasteiger partial charge in [-0.3, -0.25) is 4.79 Å². The molecule has 2 aromatic carbocycles. The molecule has 0 radical (unpaired) electrons. The quantitative estimate of drug-likeness (QED) is 0.703. The number of anilines is 1. The molecule has 0 atom stereocenters. The van der Waals surface area contributed by atoms with Crippen LogP contribution in [0.15, 0.2) is 47.1 Å². The molecular weight excluding hydrogens is 331 g/mol. The number of para-hydroxylation sites is 1. The highest BCUT2D eigenvalue weighted by atomic mass is 19.4. The van der Waals surface area contributed by atoms with Gasteiger partial charge < -0.3 is 9.73 Å². The summed E-state index contributed by atoms with van der Waals surface area (Å²) in [6, 6.07) is 8.75. The number of halogens is 3. The van der Waals surface area contributed by atoms with E-state index in [4.69, 9.17) is 4.42 Å². The molecule has 1 heterocycles. The molecule has 0 saturated heterocycles. The summed E-state index contributed by atoms with van der Waals surface area (Å²) in [5, 5.41) is 3.17. The van der Waals surface area contributed by atoms with Gasteiger partial charge in [0.25, 0.3) is 0 Å². The Morgan fingerprint density at radius 3 is 2.60 bits per heavy atom. The molecule has 0 bridgehead atoms. The number of alkyl halides is 3. The van der Waals surface area contributed by atoms with Crippen LogP contribution in [0.1, 0.15) is 22.3 Å². The molecular formula is C19H16F3NO2. The number of fused-ring (bicyclic) bond motifs is 1. The Morgan fingerprint density at radius 1 is 1.16 bits per heavy atom. The van der Waals surface area contributed by atoms with Crippen LogP contribution in [0.2, 0.25) is 0 Å². The third-order valence-corrected chi connectivity index (χ3v) is 3.95. The van der Waals surface area contributed by atoms with Crippen molar-refractivity contribution in [2.24, 2.45) is 0 Å². The number of carbonyl (C=O) groups is 1. The molecule has 3 rings (SSSR count). The first kappa shape index (κ1) is 17.1. The molecule has 0 aliphatic carbocycles. The minimum atomic E-state index is -4.53. The average molecular weight is 347 g/mol. The molecule has 0 saturated carbocycles. The lowest BCUT2D eigenvalue weighted by Crippen LogP contribution is -2.18. The van der Waals surface area contributed by atoms with Gasteiger partial charge in [-0.05, 0) is 43.2 Å². The van der Waals surface area contributed by atoms with E-state index in [1.807, 2.05) is 26.0 Å². The molecule has 3 aromatic rings. The third-order valence-electron chi connectivity index (χ3n) is 3.95. The summed E-state index contributed by atoms with van der Waals surface area (Å²) in [5.41, 5.74) is 2.19. The van der Waals surface area contributed by atoms with Crippen LogP contribution < -0.4 is 5.32 Å². The summed E-state index contributed by atoms with van der Waals surface area (Å²) in [7, 11) is 0. The Labute approximate surface area is 142 Å². The summed E-state index contributed by atoms with van der Waals surface area (Å²) in [5.74, 6) is -0.528. The van der Waals surface area contributed by atoms with Gasteiger partial charge in [0.05, 0.1) is 23.9 Å². The summed E-state index contributed by atoms with van der Waals surface area (Å²) < 4.78 is 44.5. The number of nitrogens with one attached hydrogen (secondary N) is 1. The van der Waals surface area contributed by atoms with Crippen molar-refractivity contribution in [3.63, 3.8) is 0 Å². The maximum atomic E-state index is 13.0. The van der Waals surface area contributed by atoms with E-state index in [0.29, 0.717) is 11.1 Å². The van der Waals surface area contributed by atoms with Crippen molar-refractivity contribution in [3.8, 4) is 0 Å². The molecule has 6 heteroatoms.